The highest BCUT2D eigenvalue weighted by Gasteiger charge is 2.39. The van der Waals surface area contributed by atoms with E-state index < -0.39 is 12.0 Å². The van der Waals surface area contributed by atoms with E-state index in [0.717, 1.165) is 0 Å². The molecule has 2 aromatic heterocycles. The molecule has 1 saturated heterocycles. The molecule has 0 saturated carbocycles. The summed E-state index contributed by atoms with van der Waals surface area (Å²) in [5.41, 5.74) is 0.685. The van der Waals surface area contributed by atoms with Gasteiger partial charge >= 0.3 is 5.97 Å². The Morgan fingerprint density at radius 2 is 2.33 bits per heavy atom. The van der Waals surface area contributed by atoms with Gasteiger partial charge in [0.2, 0.25) is 17.6 Å². The van der Waals surface area contributed by atoms with Gasteiger partial charge in [-0.25, -0.2) is 4.79 Å². The van der Waals surface area contributed by atoms with Crippen molar-refractivity contribution in [3.05, 3.63) is 24.5 Å². The van der Waals surface area contributed by atoms with Gasteiger partial charge in [0.1, 0.15) is 12.3 Å². The first-order valence-corrected chi connectivity index (χ1v) is 7.48. The van der Waals surface area contributed by atoms with E-state index in [0.29, 0.717) is 23.7 Å². The first-order chi connectivity index (χ1) is 11.6. The van der Waals surface area contributed by atoms with Gasteiger partial charge in [0.05, 0.1) is 17.9 Å². The molecule has 128 valence electrons. The van der Waals surface area contributed by atoms with Crippen LogP contribution < -0.4 is 0 Å². The Labute approximate surface area is 137 Å². The zero-order valence-electron chi connectivity index (χ0n) is 13.0. The van der Waals surface area contributed by atoms with Crippen LogP contribution in [-0.4, -0.2) is 57.8 Å². The highest BCUT2D eigenvalue weighted by molar-refractivity contribution is 5.84. The van der Waals surface area contributed by atoms with E-state index in [1.807, 2.05) is 0 Å². The van der Waals surface area contributed by atoms with Gasteiger partial charge in [-0.2, -0.15) is 4.98 Å². The average Bonchev–Trinajstić information content (AvgIpc) is 3.31. The molecule has 2 aromatic rings. The van der Waals surface area contributed by atoms with Crippen molar-refractivity contribution in [2.45, 2.75) is 31.4 Å². The van der Waals surface area contributed by atoms with Crippen molar-refractivity contribution < 1.29 is 28.4 Å². The zero-order valence-corrected chi connectivity index (χ0v) is 13.0. The lowest BCUT2D eigenvalue weighted by atomic mass is 10.2. The van der Waals surface area contributed by atoms with Crippen LogP contribution in [0.3, 0.4) is 0 Å². The van der Waals surface area contributed by atoms with E-state index >= 15 is 0 Å². The van der Waals surface area contributed by atoms with Crippen molar-refractivity contribution >= 4 is 11.9 Å². The maximum Gasteiger partial charge on any atom is 0.326 e. The number of nitrogens with zero attached hydrogens (tertiary/aromatic N) is 3. The van der Waals surface area contributed by atoms with Gasteiger partial charge in [0, 0.05) is 32.9 Å². The SMILES string of the molecule is COC1CC(C(=O)O)N(C(=O)CCc2nc(-c3ccoc3)no2)C1. The van der Waals surface area contributed by atoms with E-state index in [-0.39, 0.29) is 31.4 Å². The predicted octanol–water partition coefficient (Wildman–Crippen LogP) is 0.963. The summed E-state index contributed by atoms with van der Waals surface area (Å²) in [6.07, 6.45) is 3.36. The lowest BCUT2D eigenvalue weighted by Gasteiger charge is -2.20. The molecular weight excluding hydrogens is 318 g/mol. The molecule has 1 fully saturated rings. The molecule has 1 aliphatic rings. The van der Waals surface area contributed by atoms with Crippen molar-refractivity contribution in [3.8, 4) is 11.4 Å². The lowest BCUT2D eigenvalue weighted by molar-refractivity contribution is -0.148. The third-order valence-electron chi connectivity index (χ3n) is 4.00. The number of furan rings is 1. The lowest BCUT2D eigenvalue weighted by Crippen LogP contribution is -2.40. The molecule has 24 heavy (non-hydrogen) atoms. The summed E-state index contributed by atoms with van der Waals surface area (Å²) in [6, 6.07) is 0.846. The van der Waals surface area contributed by atoms with Crippen LogP contribution >= 0.6 is 0 Å². The fraction of sp³-hybridized carbons (Fsp3) is 0.467. The largest absolute Gasteiger partial charge is 0.480 e. The van der Waals surface area contributed by atoms with Crippen LogP contribution in [0.15, 0.2) is 27.5 Å². The number of aryl methyl sites for hydroxylation is 1. The van der Waals surface area contributed by atoms with Gasteiger partial charge in [-0.3, -0.25) is 4.79 Å². The number of hydrogen-bond donors (Lipinski definition) is 1. The predicted molar refractivity (Wildman–Crippen MR) is 78.9 cm³/mol. The van der Waals surface area contributed by atoms with Gasteiger partial charge in [-0.1, -0.05) is 5.16 Å². The summed E-state index contributed by atoms with van der Waals surface area (Å²) in [5.74, 6) is -0.600. The minimum Gasteiger partial charge on any atom is -0.480 e. The van der Waals surface area contributed by atoms with Crippen LogP contribution in [0.2, 0.25) is 0 Å². The quantitative estimate of drug-likeness (QED) is 0.829. The highest BCUT2D eigenvalue weighted by Crippen LogP contribution is 2.22. The van der Waals surface area contributed by atoms with Gasteiger partial charge in [0.25, 0.3) is 0 Å². The summed E-state index contributed by atoms with van der Waals surface area (Å²) in [7, 11) is 1.51. The normalized spacial score (nSPS) is 20.5. The summed E-state index contributed by atoms with van der Waals surface area (Å²) in [4.78, 5) is 29.1. The highest BCUT2D eigenvalue weighted by atomic mass is 16.5. The molecule has 1 aliphatic heterocycles. The maximum absolute atomic E-state index is 12.3. The molecule has 0 radical (unpaired) electrons. The minimum atomic E-state index is -1.03. The molecule has 9 nitrogen and oxygen atoms in total. The number of carboxylic acid groups (broad SMARTS) is 1. The second-order valence-corrected chi connectivity index (χ2v) is 5.52. The Bertz CT molecular complexity index is 711. The molecule has 3 heterocycles. The van der Waals surface area contributed by atoms with E-state index in [9.17, 15) is 14.7 Å². The minimum absolute atomic E-state index is 0.0905. The summed E-state index contributed by atoms with van der Waals surface area (Å²) in [6.45, 7) is 0.274. The first kappa shape index (κ1) is 16.2. The number of ether oxygens (including phenoxy) is 1. The molecule has 0 aliphatic carbocycles. The number of carboxylic acids is 1. The number of aromatic nitrogens is 2. The fourth-order valence-electron chi connectivity index (χ4n) is 2.70. The number of likely N-dealkylation sites (tertiary alicyclic amines) is 1. The Balaban J connectivity index is 1.60. The summed E-state index contributed by atoms with van der Waals surface area (Å²) < 4.78 is 15.2. The molecule has 9 heteroatoms. The van der Waals surface area contributed by atoms with Crippen molar-refractivity contribution in [3.63, 3.8) is 0 Å². The van der Waals surface area contributed by atoms with Crippen LogP contribution in [0.25, 0.3) is 11.4 Å². The number of aliphatic carboxylic acids is 1. The van der Waals surface area contributed by atoms with Gasteiger partial charge < -0.3 is 23.7 Å². The van der Waals surface area contributed by atoms with Crippen molar-refractivity contribution in [1.29, 1.82) is 0 Å². The van der Waals surface area contributed by atoms with Crippen LogP contribution in [-0.2, 0) is 20.7 Å². The molecule has 2 atom stereocenters. The summed E-state index contributed by atoms with van der Waals surface area (Å²) in [5, 5.41) is 13.1. The topological polar surface area (TPSA) is 119 Å². The van der Waals surface area contributed by atoms with Crippen LogP contribution in [0.4, 0.5) is 0 Å². The standard InChI is InChI=1S/C15H17N3O6/c1-22-10-6-11(15(20)21)18(7-10)13(19)3-2-12-16-14(17-24-12)9-4-5-23-8-9/h4-5,8,10-11H,2-3,6-7H2,1H3,(H,20,21). The van der Waals surface area contributed by atoms with Crippen LogP contribution in [0.1, 0.15) is 18.7 Å². The third kappa shape index (κ3) is 3.30. The molecule has 0 aromatic carbocycles. The number of carbonyl (C=O) groups is 2. The summed E-state index contributed by atoms with van der Waals surface area (Å²) >= 11 is 0. The Morgan fingerprint density at radius 1 is 1.50 bits per heavy atom. The Kier molecular flexibility index (Phi) is 4.61. The smallest absolute Gasteiger partial charge is 0.326 e. The van der Waals surface area contributed by atoms with Crippen molar-refractivity contribution in [2.24, 2.45) is 0 Å². The molecule has 0 bridgehead atoms. The van der Waals surface area contributed by atoms with Crippen LogP contribution in [0, 0.1) is 0 Å². The van der Waals surface area contributed by atoms with E-state index in [4.69, 9.17) is 13.7 Å². The molecule has 2 unspecified atom stereocenters. The molecule has 1 N–H and O–H groups in total. The Hall–Kier alpha value is -2.68. The van der Waals surface area contributed by atoms with Crippen molar-refractivity contribution in [2.75, 3.05) is 13.7 Å². The fourth-order valence-corrected chi connectivity index (χ4v) is 2.70. The Morgan fingerprint density at radius 3 is 3.00 bits per heavy atom. The molecule has 0 spiro atoms. The second kappa shape index (κ2) is 6.83. The van der Waals surface area contributed by atoms with E-state index in [1.54, 1.807) is 6.07 Å². The number of rotatable bonds is 6. The maximum atomic E-state index is 12.3. The van der Waals surface area contributed by atoms with E-state index in [1.165, 1.54) is 24.5 Å². The monoisotopic (exact) mass is 335 g/mol. The molecule has 1 amide bonds. The van der Waals surface area contributed by atoms with Crippen molar-refractivity contribution in [1.82, 2.24) is 15.0 Å². The van der Waals surface area contributed by atoms with E-state index in [2.05, 4.69) is 10.1 Å². The number of methoxy groups -OCH3 is 1. The van der Waals surface area contributed by atoms with Gasteiger partial charge in [-0.15, -0.1) is 0 Å². The van der Waals surface area contributed by atoms with Gasteiger partial charge in [0.15, 0.2) is 0 Å². The van der Waals surface area contributed by atoms with Gasteiger partial charge in [-0.05, 0) is 6.07 Å². The second-order valence-electron chi connectivity index (χ2n) is 5.52. The number of amides is 1. The third-order valence-corrected chi connectivity index (χ3v) is 4.00. The average molecular weight is 335 g/mol. The number of hydrogen-bond acceptors (Lipinski definition) is 7. The molecule has 3 rings (SSSR count). The molecular formula is C15H17N3O6. The number of carbonyl (C=O) groups excluding carboxylic acids is 1. The first-order valence-electron chi connectivity index (χ1n) is 7.48. The van der Waals surface area contributed by atoms with Crippen LogP contribution in [0.5, 0.6) is 0 Å². The zero-order chi connectivity index (χ0) is 17.1.